The number of allylic oxidation sites excluding steroid dienone is 8. The van der Waals surface area contributed by atoms with Crippen molar-refractivity contribution in [3.05, 3.63) is 48.6 Å². The van der Waals surface area contributed by atoms with Gasteiger partial charge in [0.15, 0.2) is 0 Å². The summed E-state index contributed by atoms with van der Waals surface area (Å²) in [5.74, 6) is -0.321. The molecule has 310 valence electrons. The minimum absolute atomic E-state index is 0.0857. The lowest BCUT2D eigenvalue weighted by molar-refractivity contribution is -0.870. The Labute approximate surface area is 327 Å². The standard InChI is InChI=1S/C44H82NO7P/c1-6-8-10-12-14-16-18-19-20-21-22-23-24-25-26-28-30-32-34-36-39-49-41-43(42-51-53(47,48)50-40-38-45(3,4)5)52-44(46)37-35-33-31-29-27-17-15-13-11-9-7-2/h8,10,14,16,19-20,22-23,43H,6-7,9,11-13,15,17-18,21,24-42H2,1-5H3/p+1/b10-8-,16-14-,20-19-,23-22-. The predicted octanol–water partition coefficient (Wildman–Crippen LogP) is 12.4. The molecule has 0 saturated carbocycles. The molecule has 9 heteroatoms. The molecule has 0 spiro atoms. The van der Waals surface area contributed by atoms with E-state index in [-0.39, 0.29) is 25.8 Å². The maximum Gasteiger partial charge on any atom is 0.472 e. The lowest BCUT2D eigenvalue weighted by atomic mass is 10.1. The molecule has 0 bridgehead atoms. The summed E-state index contributed by atoms with van der Waals surface area (Å²) in [4.78, 5) is 22.8. The zero-order chi connectivity index (χ0) is 39.1. The smallest absolute Gasteiger partial charge is 0.457 e. The molecular formula is C44H83NO7P+. The highest BCUT2D eigenvalue weighted by atomic mass is 31.2. The highest BCUT2D eigenvalue weighted by Gasteiger charge is 2.26. The maximum absolute atomic E-state index is 12.6. The molecule has 0 aliphatic carbocycles. The number of hydrogen-bond acceptors (Lipinski definition) is 6. The molecule has 0 fully saturated rings. The van der Waals surface area contributed by atoms with Crippen LogP contribution in [-0.2, 0) is 27.9 Å². The van der Waals surface area contributed by atoms with Crippen LogP contribution in [-0.4, -0.2) is 75.6 Å². The number of esters is 1. The molecule has 2 unspecified atom stereocenters. The van der Waals surface area contributed by atoms with Gasteiger partial charge in [0, 0.05) is 13.0 Å². The van der Waals surface area contributed by atoms with E-state index in [9.17, 15) is 14.3 Å². The second kappa shape index (κ2) is 37.4. The number of hydrogen-bond donors (Lipinski definition) is 1. The number of nitrogens with zero attached hydrogens (tertiary/aromatic N) is 1. The number of phosphoric acid groups is 1. The van der Waals surface area contributed by atoms with E-state index >= 15 is 0 Å². The van der Waals surface area contributed by atoms with Crippen molar-refractivity contribution >= 4 is 13.8 Å². The van der Waals surface area contributed by atoms with Crippen LogP contribution in [0.15, 0.2) is 48.6 Å². The van der Waals surface area contributed by atoms with Crippen molar-refractivity contribution in [3.8, 4) is 0 Å². The van der Waals surface area contributed by atoms with E-state index in [1.165, 1.54) is 83.5 Å². The number of carbonyl (C=O) groups is 1. The highest BCUT2D eigenvalue weighted by molar-refractivity contribution is 7.47. The number of quaternary nitrogens is 1. The van der Waals surface area contributed by atoms with Crippen LogP contribution in [0.5, 0.6) is 0 Å². The van der Waals surface area contributed by atoms with E-state index in [0.29, 0.717) is 24.1 Å². The fraction of sp³-hybridized carbons (Fsp3) is 0.795. The molecule has 2 atom stereocenters. The molecule has 8 nitrogen and oxygen atoms in total. The van der Waals surface area contributed by atoms with Crippen molar-refractivity contribution in [1.29, 1.82) is 0 Å². The second-order valence-corrected chi connectivity index (χ2v) is 16.8. The van der Waals surface area contributed by atoms with E-state index in [2.05, 4.69) is 62.5 Å². The van der Waals surface area contributed by atoms with E-state index in [1.54, 1.807) is 0 Å². The lowest BCUT2D eigenvalue weighted by Gasteiger charge is -2.24. The van der Waals surface area contributed by atoms with Crippen LogP contribution in [0.1, 0.15) is 168 Å². The van der Waals surface area contributed by atoms with E-state index in [4.69, 9.17) is 18.5 Å². The Morgan fingerprint density at radius 1 is 0.604 bits per heavy atom. The van der Waals surface area contributed by atoms with Gasteiger partial charge in [-0.3, -0.25) is 13.8 Å². The lowest BCUT2D eigenvalue weighted by Crippen LogP contribution is -2.37. The Hall–Kier alpha value is -1.54. The van der Waals surface area contributed by atoms with Gasteiger partial charge in [0.05, 0.1) is 34.4 Å². The number of rotatable bonds is 39. The number of phosphoric ester groups is 1. The van der Waals surface area contributed by atoms with Crippen LogP contribution in [0.4, 0.5) is 0 Å². The Kier molecular flexibility index (Phi) is 36.3. The van der Waals surface area contributed by atoms with E-state index < -0.39 is 13.9 Å². The number of ether oxygens (including phenoxy) is 2. The first-order chi connectivity index (χ1) is 25.6. The van der Waals surface area contributed by atoms with Gasteiger partial charge in [0.1, 0.15) is 19.3 Å². The zero-order valence-corrected chi connectivity index (χ0v) is 35.9. The summed E-state index contributed by atoms with van der Waals surface area (Å²) in [6.45, 7) is 5.47. The van der Waals surface area contributed by atoms with Gasteiger partial charge in [-0.15, -0.1) is 0 Å². The predicted molar refractivity (Wildman–Crippen MR) is 224 cm³/mol. The number of unbranched alkanes of at least 4 members (excludes halogenated alkanes) is 17. The Balaban J connectivity index is 4.22. The summed E-state index contributed by atoms with van der Waals surface area (Å²) in [5.41, 5.74) is 0. The average Bonchev–Trinajstić information content (AvgIpc) is 3.11. The van der Waals surface area contributed by atoms with Gasteiger partial charge in [-0.1, -0.05) is 159 Å². The van der Waals surface area contributed by atoms with Gasteiger partial charge in [-0.2, -0.15) is 0 Å². The zero-order valence-electron chi connectivity index (χ0n) is 35.0. The number of likely N-dealkylation sites (N-methyl/N-ethyl adjacent to an activating group) is 1. The minimum atomic E-state index is -4.27. The van der Waals surface area contributed by atoms with Crippen molar-refractivity contribution in [1.82, 2.24) is 0 Å². The molecule has 53 heavy (non-hydrogen) atoms. The van der Waals surface area contributed by atoms with Crippen LogP contribution < -0.4 is 0 Å². The van der Waals surface area contributed by atoms with Crippen molar-refractivity contribution in [2.45, 2.75) is 174 Å². The third kappa shape index (κ3) is 41.5. The first kappa shape index (κ1) is 51.5. The highest BCUT2D eigenvalue weighted by Crippen LogP contribution is 2.43. The Bertz CT molecular complexity index is 989. The third-order valence-corrected chi connectivity index (χ3v) is 9.89. The summed E-state index contributed by atoms with van der Waals surface area (Å²) in [6, 6.07) is 0. The van der Waals surface area contributed by atoms with Crippen molar-refractivity contribution in [2.75, 3.05) is 54.1 Å². The van der Waals surface area contributed by atoms with Gasteiger partial charge in [-0.25, -0.2) is 4.57 Å². The monoisotopic (exact) mass is 769 g/mol. The molecule has 0 saturated heterocycles. The molecular weight excluding hydrogens is 685 g/mol. The Morgan fingerprint density at radius 3 is 1.64 bits per heavy atom. The largest absolute Gasteiger partial charge is 0.472 e. The minimum Gasteiger partial charge on any atom is -0.457 e. The first-order valence-electron chi connectivity index (χ1n) is 21.4. The second-order valence-electron chi connectivity index (χ2n) is 15.3. The first-order valence-corrected chi connectivity index (χ1v) is 22.9. The molecule has 1 N–H and O–H groups in total. The van der Waals surface area contributed by atoms with Crippen LogP contribution in [0.2, 0.25) is 0 Å². The summed E-state index contributed by atoms with van der Waals surface area (Å²) >= 11 is 0. The van der Waals surface area contributed by atoms with Crippen LogP contribution in [0.3, 0.4) is 0 Å². The summed E-state index contributed by atoms with van der Waals surface area (Å²) in [5, 5.41) is 0. The van der Waals surface area contributed by atoms with Crippen LogP contribution in [0.25, 0.3) is 0 Å². The topological polar surface area (TPSA) is 91.3 Å². The SMILES string of the molecule is CC/C=C\C/C=C\C/C=C\C/C=C\CCCCCCCCCOCC(COP(=O)(O)OCC[N+](C)(C)C)OC(=O)CCCCCCCCCCCCC. The molecule has 0 aromatic carbocycles. The van der Waals surface area contributed by atoms with Gasteiger partial charge in [0.2, 0.25) is 0 Å². The van der Waals surface area contributed by atoms with Gasteiger partial charge in [-0.05, 0) is 51.4 Å². The molecule has 0 aliphatic heterocycles. The van der Waals surface area contributed by atoms with Crippen LogP contribution >= 0.6 is 7.82 Å². The van der Waals surface area contributed by atoms with E-state index in [1.807, 2.05) is 21.1 Å². The van der Waals surface area contributed by atoms with Crippen LogP contribution in [0, 0.1) is 0 Å². The number of carbonyl (C=O) groups excluding carboxylic acids is 1. The molecule has 0 aromatic heterocycles. The van der Waals surface area contributed by atoms with Gasteiger partial charge >= 0.3 is 13.8 Å². The van der Waals surface area contributed by atoms with Crippen molar-refractivity contribution in [3.63, 3.8) is 0 Å². The van der Waals surface area contributed by atoms with Crippen molar-refractivity contribution in [2.24, 2.45) is 0 Å². The third-order valence-electron chi connectivity index (χ3n) is 8.90. The maximum atomic E-state index is 12.6. The normalized spacial score (nSPS) is 14.3. The van der Waals surface area contributed by atoms with E-state index in [0.717, 1.165) is 64.2 Å². The van der Waals surface area contributed by atoms with Gasteiger partial charge in [0.25, 0.3) is 0 Å². The molecule has 0 aliphatic rings. The fourth-order valence-electron chi connectivity index (χ4n) is 5.60. The average molecular weight is 769 g/mol. The summed E-state index contributed by atoms with van der Waals surface area (Å²) in [6.07, 6.45) is 44.3. The molecule has 0 rings (SSSR count). The Morgan fingerprint density at radius 2 is 1.09 bits per heavy atom. The fourth-order valence-corrected chi connectivity index (χ4v) is 6.34. The summed E-state index contributed by atoms with van der Waals surface area (Å²) in [7, 11) is 1.66. The quantitative estimate of drug-likeness (QED) is 0.0219. The molecule has 0 amide bonds. The van der Waals surface area contributed by atoms with Crippen molar-refractivity contribution < 1.29 is 37.3 Å². The molecule has 0 heterocycles. The summed E-state index contributed by atoms with van der Waals surface area (Å²) < 4.78 is 34.9. The van der Waals surface area contributed by atoms with Gasteiger partial charge < -0.3 is 18.9 Å². The molecule has 0 radical (unpaired) electrons. The molecule has 0 aromatic rings.